The third kappa shape index (κ3) is 3.82. The summed E-state index contributed by atoms with van der Waals surface area (Å²) in [6.45, 7) is 2.21. The summed E-state index contributed by atoms with van der Waals surface area (Å²) in [4.78, 5) is 32.1. The van der Waals surface area contributed by atoms with Crippen LogP contribution in [0.25, 0.3) is 0 Å². The molecule has 0 saturated heterocycles. The van der Waals surface area contributed by atoms with Gasteiger partial charge in [-0.3, -0.25) is 4.79 Å². The number of thioether (sulfide) groups is 2. The zero-order valence-electron chi connectivity index (χ0n) is 14.0. The molecule has 2 heterocycles. The number of aromatic nitrogens is 1. The maximum Gasteiger partial charge on any atom is 0.341 e. The lowest BCUT2D eigenvalue weighted by Gasteiger charge is -2.30. The van der Waals surface area contributed by atoms with E-state index >= 15 is 0 Å². The van der Waals surface area contributed by atoms with Gasteiger partial charge in [0.25, 0.3) is 5.91 Å². The number of fused-ring (bicyclic) bond motifs is 1. The molecule has 0 spiro atoms. The molecule has 5 nitrogen and oxygen atoms in total. The second-order valence-corrected chi connectivity index (χ2v) is 7.35. The van der Waals surface area contributed by atoms with E-state index in [1.807, 2.05) is 30.5 Å². The van der Waals surface area contributed by atoms with Crippen molar-refractivity contribution >= 4 is 41.1 Å². The molecule has 1 aromatic heterocycles. The number of hydrogen-bond donors (Lipinski definition) is 0. The fraction of sp³-hybridized carbons (Fsp3) is 0.278. The normalized spacial score (nSPS) is 14.6. The fourth-order valence-electron chi connectivity index (χ4n) is 2.60. The summed E-state index contributed by atoms with van der Waals surface area (Å²) in [5.74, 6) is 0.0801. The Morgan fingerprint density at radius 2 is 2.08 bits per heavy atom. The minimum Gasteiger partial charge on any atom is -0.449 e. The minimum atomic E-state index is -0.862. The van der Waals surface area contributed by atoms with Crippen molar-refractivity contribution in [2.75, 3.05) is 23.5 Å². The lowest BCUT2D eigenvalue weighted by Crippen LogP contribution is -2.42. The second kappa shape index (κ2) is 7.93. The van der Waals surface area contributed by atoms with Gasteiger partial charge >= 0.3 is 5.97 Å². The molecule has 25 heavy (non-hydrogen) atoms. The highest BCUT2D eigenvalue weighted by Crippen LogP contribution is 2.34. The highest BCUT2D eigenvalue weighted by Gasteiger charge is 2.29. The Balaban J connectivity index is 1.74. The highest BCUT2D eigenvalue weighted by atomic mass is 32.2. The van der Waals surface area contributed by atoms with Crippen molar-refractivity contribution in [2.45, 2.75) is 22.9 Å². The van der Waals surface area contributed by atoms with Crippen LogP contribution in [0.15, 0.2) is 52.5 Å². The SMILES string of the molecule is CSc1ncccc1C(=O)O[C@H](C)C(=O)N1CCSc2ccccc21. The summed E-state index contributed by atoms with van der Waals surface area (Å²) in [5, 5.41) is 0.590. The molecule has 3 rings (SSSR count). The zero-order chi connectivity index (χ0) is 17.8. The number of benzene rings is 1. The summed E-state index contributed by atoms with van der Waals surface area (Å²) < 4.78 is 5.42. The topological polar surface area (TPSA) is 59.5 Å². The van der Waals surface area contributed by atoms with Crippen LogP contribution in [0.1, 0.15) is 17.3 Å². The molecule has 1 aromatic carbocycles. The van der Waals surface area contributed by atoms with E-state index in [1.54, 1.807) is 41.9 Å². The van der Waals surface area contributed by atoms with Gasteiger partial charge in [0.2, 0.25) is 0 Å². The number of carbonyl (C=O) groups is 2. The predicted molar refractivity (Wildman–Crippen MR) is 100 cm³/mol. The molecule has 1 aliphatic heterocycles. The Kier molecular flexibility index (Phi) is 5.65. The first-order valence-corrected chi connectivity index (χ1v) is 10.1. The van der Waals surface area contributed by atoms with Crippen molar-refractivity contribution < 1.29 is 14.3 Å². The van der Waals surface area contributed by atoms with Crippen molar-refractivity contribution in [3.8, 4) is 0 Å². The number of carbonyl (C=O) groups excluding carboxylic acids is 2. The summed E-state index contributed by atoms with van der Waals surface area (Å²) in [6.07, 6.45) is 2.61. The van der Waals surface area contributed by atoms with E-state index in [-0.39, 0.29) is 5.91 Å². The lowest BCUT2D eigenvalue weighted by atomic mass is 10.2. The summed E-state index contributed by atoms with van der Waals surface area (Å²) in [6, 6.07) is 11.1. The van der Waals surface area contributed by atoms with Crippen LogP contribution in [0.2, 0.25) is 0 Å². The molecule has 1 atom stereocenters. The third-order valence-electron chi connectivity index (χ3n) is 3.81. The van der Waals surface area contributed by atoms with Gasteiger partial charge in [-0.05, 0) is 37.4 Å². The largest absolute Gasteiger partial charge is 0.449 e. The van der Waals surface area contributed by atoms with Gasteiger partial charge < -0.3 is 9.64 Å². The molecule has 1 aliphatic rings. The van der Waals surface area contributed by atoms with E-state index in [1.165, 1.54) is 11.8 Å². The van der Waals surface area contributed by atoms with Crippen molar-refractivity contribution in [3.05, 3.63) is 48.2 Å². The predicted octanol–water partition coefficient (Wildman–Crippen LogP) is 3.49. The number of ether oxygens (including phenoxy) is 1. The van der Waals surface area contributed by atoms with Crippen molar-refractivity contribution in [1.82, 2.24) is 4.98 Å². The first kappa shape index (κ1) is 17.8. The number of amides is 1. The van der Waals surface area contributed by atoms with Crippen molar-refractivity contribution in [1.29, 1.82) is 0 Å². The second-order valence-electron chi connectivity index (χ2n) is 5.41. The number of pyridine rings is 1. The van der Waals surface area contributed by atoms with Crippen LogP contribution >= 0.6 is 23.5 Å². The van der Waals surface area contributed by atoms with E-state index in [0.717, 1.165) is 16.3 Å². The molecule has 0 radical (unpaired) electrons. The van der Waals surface area contributed by atoms with Crippen LogP contribution in [0.5, 0.6) is 0 Å². The summed E-state index contributed by atoms with van der Waals surface area (Å²) in [7, 11) is 0. The average molecular weight is 374 g/mol. The number of para-hydroxylation sites is 1. The molecule has 0 aliphatic carbocycles. The van der Waals surface area contributed by atoms with Gasteiger partial charge in [-0.2, -0.15) is 0 Å². The lowest BCUT2D eigenvalue weighted by molar-refractivity contribution is -0.126. The first-order chi connectivity index (χ1) is 12.1. The molecule has 0 saturated carbocycles. The third-order valence-corrected chi connectivity index (χ3v) is 5.57. The summed E-state index contributed by atoms with van der Waals surface area (Å²) >= 11 is 3.09. The van der Waals surface area contributed by atoms with E-state index < -0.39 is 12.1 Å². The Morgan fingerprint density at radius 1 is 1.28 bits per heavy atom. The number of nitrogens with zero attached hydrogens (tertiary/aromatic N) is 2. The molecule has 7 heteroatoms. The maximum atomic E-state index is 12.8. The van der Waals surface area contributed by atoms with Gasteiger partial charge in [0.15, 0.2) is 6.10 Å². The van der Waals surface area contributed by atoms with Crippen molar-refractivity contribution in [3.63, 3.8) is 0 Å². The highest BCUT2D eigenvalue weighted by molar-refractivity contribution is 7.99. The van der Waals surface area contributed by atoms with Crippen molar-refractivity contribution in [2.24, 2.45) is 0 Å². The molecular weight excluding hydrogens is 356 g/mol. The fourth-order valence-corrected chi connectivity index (χ4v) is 4.13. The number of esters is 1. The van der Waals surface area contributed by atoms with E-state index in [9.17, 15) is 9.59 Å². The minimum absolute atomic E-state index is 0.212. The van der Waals surface area contributed by atoms with Gasteiger partial charge in [0.1, 0.15) is 5.03 Å². The number of hydrogen-bond acceptors (Lipinski definition) is 6. The Bertz CT molecular complexity index is 797. The molecule has 130 valence electrons. The zero-order valence-corrected chi connectivity index (χ0v) is 15.6. The molecule has 2 aromatic rings. The van der Waals surface area contributed by atoms with Gasteiger partial charge in [-0.15, -0.1) is 23.5 Å². The number of anilines is 1. The van der Waals surface area contributed by atoms with Gasteiger partial charge in [-0.1, -0.05) is 12.1 Å². The first-order valence-electron chi connectivity index (χ1n) is 7.85. The van der Waals surface area contributed by atoms with Crippen LogP contribution in [-0.2, 0) is 9.53 Å². The van der Waals surface area contributed by atoms with Crippen LogP contribution in [0.4, 0.5) is 5.69 Å². The van der Waals surface area contributed by atoms with Gasteiger partial charge in [-0.25, -0.2) is 9.78 Å². The molecule has 0 N–H and O–H groups in total. The molecule has 1 amide bonds. The van der Waals surface area contributed by atoms with Gasteiger partial charge in [0, 0.05) is 23.4 Å². The van der Waals surface area contributed by atoms with Gasteiger partial charge in [0.05, 0.1) is 11.3 Å². The van der Waals surface area contributed by atoms with E-state index in [0.29, 0.717) is 17.1 Å². The van der Waals surface area contributed by atoms with Crippen LogP contribution in [0.3, 0.4) is 0 Å². The van der Waals surface area contributed by atoms with E-state index in [2.05, 4.69) is 4.98 Å². The standard InChI is InChI=1S/C18H18N2O3S2/c1-12(23-18(22)13-6-5-9-19-16(13)24-2)17(21)20-10-11-25-15-8-4-3-7-14(15)20/h3-9,12H,10-11H2,1-2H3/t12-/m1/s1. The summed E-state index contributed by atoms with van der Waals surface area (Å²) in [5.41, 5.74) is 1.25. The van der Waals surface area contributed by atoms with Crippen LogP contribution < -0.4 is 4.90 Å². The number of rotatable bonds is 4. The Morgan fingerprint density at radius 3 is 2.88 bits per heavy atom. The molecule has 0 unspecified atom stereocenters. The molecular formula is C18H18N2O3S2. The molecule has 0 fully saturated rings. The average Bonchev–Trinajstić information content (AvgIpc) is 2.66. The van der Waals surface area contributed by atoms with E-state index in [4.69, 9.17) is 4.74 Å². The smallest absolute Gasteiger partial charge is 0.341 e. The monoisotopic (exact) mass is 374 g/mol. The quantitative estimate of drug-likeness (QED) is 0.603. The van der Waals surface area contributed by atoms with Crippen LogP contribution in [0, 0.1) is 0 Å². The maximum absolute atomic E-state index is 12.8. The molecule has 0 bridgehead atoms. The Hall–Kier alpha value is -1.99. The Labute approximate surface area is 155 Å². The van der Waals surface area contributed by atoms with Crippen LogP contribution in [-0.4, -0.2) is 41.5 Å².